The van der Waals surface area contributed by atoms with E-state index in [1.807, 2.05) is 12.1 Å². The average molecular weight is 583 g/mol. The molecule has 1 aliphatic rings. The van der Waals surface area contributed by atoms with Crippen LogP contribution in [0.2, 0.25) is 10.3 Å². The van der Waals surface area contributed by atoms with Gasteiger partial charge in [-0.1, -0.05) is 35.0 Å². The summed E-state index contributed by atoms with van der Waals surface area (Å²) in [6, 6.07) is 6.34. The third-order valence-corrected chi connectivity index (χ3v) is 9.63. The highest BCUT2D eigenvalue weighted by atomic mass is 35.5. The molecule has 1 saturated carbocycles. The van der Waals surface area contributed by atoms with Crippen molar-refractivity contribution in [2.45, 2.75) is 31.2 Å². The summed E-state index contributed by atoms with van der Waals surface area (Å²) in [5, 5.41) is 32.8. The Balaban J connectivity index is 1.53. The molecular weight excluding hydrogens is 561 g/mol. The number of hydrogen-bond donors (Lipinski definition) is 6. The molecule has 5 atom stereocenters. The van der Waals surface area contributed by atoms with E-state index in [0.29, 0.717) is 11.6 Å². The van der Waals surface area contributed by atoms with E-state index in [2.05, 4.69) is 25.6 Å². The molecule has 3 aromatic rings. The number of aromatic nitrogens is 5. The topological polar surface area (TPSA) is 213 Å². The number of nitrogens with zero attached hydrogens (tertiary/aromatic N) is 5. The fraction of sp³-hybridized carbons (Fsp3) is 0.444. The summed E-state index contributed by atoms with van der Waals surface area (Å²) in [5.41, 5.74) is 1.21. The molecule has 1 unspecified atom stereocenters. The molecule has 1 aliphatic carbocycles. The van der Waals surface area contributed by atoms with Crippen LogP contribution in [0, 0.1) is 5.92 Å². The van der Waals surface area contributed by atoms with Crippen LogP contribution in [0.4, 0.5) is 5.82 Å². The van der Waals surface area contributed by atoms with Gasteiger partial charge in [-0.05, 0) is 29.7 Å². The lowest BCUT2D eigenvalue weighted by Crippen LogP contribution is -2.31. The second-order valence-corrected chi connectivity index (χ2v) is 13.0. The Labute approximate surface area is 213 Å². The van der Waals surface area contributed by atoms with E-state index in [1.54, 1.807) is 12.1 Å². The normalized spacial score (nSPS) is 24.2. The van der Waals surface area contributed by atoms with Crippen LogP contribution in [0.5, 0.6) is 0 Å². The molecule has 2 aromatic heterocycles. The molecule has 36 heavy (non-hydrogen) atoms. The number of rotatable bonds is 9. The van der Waals surface area contributed by atoms with Crippen molar-refractivity contribution in [3.8, 4) is 0 Å². The van der Waals surface area contributed by atoms with E-state index in [4.69, 9.17) is 37.5 Å². The lowest BCUT2D eigenvalue weighted by Gasteiger charge is -2.19. The maximum atomic E-state index is 11.9. The molecule has 0 aliphatic heterocycles. The first kappa shape index (κ1) is 27.3. The average Bonchev–Trinajstić information content (AvgIpc) is 3.31. The van der Waals surface area contributed by atoms with Gasteiger partial charge in [0.05, 0.1) is 18.8 Å². The molecule has 196 valence electrons. The summed E-state index contributed by atoms with van der Waals surface area (Å²) >= 11 is 12.3. The van der Waals surface area contributed by atoms with Gasteiger partial charge in [-0.25, -0.2) is 4.68 Å². The van der Waals surface area contributed by atoms with Crippen LogP contribution in [-0.2, 0) is 20.2 Å². The van der Waals surface area contributed by atoms with E-state index in [9.17, 15) is 24.2 Å². The smallest absolute Gasteiger partial charge is 0.340 e. The standard InChI is InChI=1S/C18H22Cl2N6O8P2/c19-11-4-2-1-3-9(11)6-21-16-13-17(23-18(20)22-16)26(25-24-13)12-5-10(14(27)15(12)28)7-34-36(32,33)8-35(29,30)31/h1-4,10,12,14-15,27-28H,5-8H2,(H,32,33)(H,21,22,23)(H2,29,30,31)/t10-,12-,14-,15+/m1/s1. The third-order valence-electron chi connectivity index (χ3n) is 5.64. The number of anilines is 1. The highest BCUT2D eigenvalue weighted by Gasteiger charge is 2.45. The Morgan fingerprint density at radius 1 is 1.11 bits per heavy atom. The molecule has 0 saturated heterocycles. The number of aliphatic hydroxyl groups excluding tert-OH is 2. The first-order chi connectivity index (χ1) is 16.8. The van der Waals surface area contributed by atoms with E-state index in [0.717, 1.165) is 5.56 Å². The highest BCUT2D eigenvalue weighted by molar-refractivity contribution is 7.70. The molecule has 4 rings (SSSR count). The van der Waals surface area contributed by atoms with Crippen molar-refractivity contribution in [1.82, 2.24) is 25.0 Å². The molecule has 18 heteroatoms. The second kappa shape index (κ2) is 10.6. The zero-order valence-electron chi connectivity index (χ0n) is 18.3. The van der Waals surface area contributed by atoms with Crippen LogP contribution >= 0.6 is 38.4 Å². The zero-order chi connectivity index (χ0) is 26.3. The van der Waals surface area contributed by atoms with E-state index >= 15 is 0 Å². The molecule has 0 bridgehead atoms. The minimum absolute atomic E-state index is 0.0285. The number of halogens is 2. The van der Waals surface area contributed by atoms with Crippen molar-refractivity contribution >= 4 is 55.4 Å². The molecule has 1 aromatic carbocycles. The lowest BCUT2D eigenvalue weighted by molar-refractivity contribution is -0.00362. The summed E-state index contributed by atoms with van der Waals surface area (Å²) in [6.07, 6.45) is -2.74. The summed E-state index contributed by atoms with van der Waals surface area (Å²) < 4.78 is 29.1. The largest absolute Gasteiger partial charge is 0.390 e. The van der Waals surface area contributed by atoms with Gasteiger partial charge >= 0.3 is 15.2 Å². The maximum Gasteiger partial charge on any atom is 0.340 e. The molecule has 6 N–H and O–H groups in total. The molecule has 14 nitrogen and oxygen atoms in total. The first-order valence-corrected chi connectivity index (χ1v) is 14.8. The minimum Gasteiger partial charge on any atom is -0.390 e. The van der Waals surface area contributed by atoms with Gasteiger partial charge in [0.25, 0.3) is 0 Å². The van der Waals surface area contributed by atoms with E-state index < -0.39 is 51.9 Å². The van der Waals surface area contributed by atoms with Crippen molar-refractivity contribution in [3.63, 3.8) is 0 Å². The van der Waals surface area contributed by atoms with Crippen molar-refractivity contribution < 1.29 is 38.5 Å². The zero-order valence-corrected chi connectivity index (χ0v) is 21.6. The summed E-state index contributed by atoms with van der Waals surface area (Å²) in [5.74, 6) is -1.94. The van der Waals surface area contributed by atoms with Gasteiger partial charge in [0.1, 0.15) is 6.10 Å². The van der Waals surface area contributed by atoms with Gasteiger partial charge < -0.3 is 34.7 Å². The predicted molar refractivity (Wildman–Crippen MR) is 129 cm³/mol. The Morgan fingerprint density at radius 2 is 1.83 bits per heavy atom. The molecule has 0 radical (unpaired) electrons. The minimum atomic E-state index is -4.81. The van der Waals surface area contributed by atoms with Crippen LogP contribution in [0.3, 0.4) is 0 Å². The molecule has 0 spiro atoms. The number of hydrogen-bond acceptors (Lipinski definition) is 10. The van der Waals surface area contributed by atoms with Gasteiger partial charge in [0.15, 0.2) is 22.9 Å². The molecule has 0 amide bonds. The fourth-order valence-electron chi connectivity index (χ4n) is 3.96. The Bertz CT molecular complexity index is 1360. The van der Waals surface area contributed by atoms with Gasteiger partial charge in [0, 0.05) is 17.5 Å². The third kappa shape index (κ3) is 6.22. The quantitative estimate of drug-likeness (QED) is 0.157. The first-order valence-electron chi connectivity index (χ1n) is 10.5. The lowest BCUT2D eigenvalue weighted by atomic mass is 10.1. The van der Waals surface area contributed by atoms with Crippen molar-refractivity contribution in [2.24, 2.45) is 5.92 Å². The molecule has 2 heterocycles. The molecular formula is C18H22Cl2N6O8P2. The Hall–Kier alpha value is -1.70. The Morgan fingerprint density at radius 3 is 2.53 bits per heavy atom. The van der Waals surface area contributed by atoms with Gasteiger partial charge in [-0.3, -0.25) is 9.13 Å². The highest BCUT2D eigenvalue weighted by Crippen LogP contribution is 2.56. The van der Waals surface area contributed by atoms with Crippen molar-refractivity contribution in [1.29, 1.82) is 0 Å². The van der Waals surface area contributed by atoms with Crippen molar-refractivity contribution in [3.05, 3.63) is 40.1 Å². The van der Waals surface area contributed by atoms with E-state index in [-0.39, 0.29) is 28.7 Å². The van der Waals surface area contributed by atoms with Crippen LogP contribution in [0.1, 0.15) is 18.0 Å². The number of fused-ring (bicyclic) bond motifs is 1. The van der Waals surface area contributed by atoms with Crippen LogP contribution in [-0.4, -0.2) is 74.6 Å². The fourth-order valence-corrected chi connectivity index (χ4v) is 6.94. The van der Waals surface area contributed by atoms with Gasteiger partial charge in [-0.15, -0.1) is 5.10 Å². The summed E-state index contributed by atoms with van der Waals surface area (Å²) in [4.78, 5) is 35.8. The predicted octanol–water partition coefficient (Wildman–Crippen LogP) is 1.76. The SMILES string of the molecule is O=P(O)(O)CP(=O)(O)OC[C@H]1C[C@@H](n2nnc3c(NCc4ccccc4Cl)nc(Cl)nc32)[C@H](O)[C@@H]1O. The van der Waals surface area contributed by atoms with Gasteiger partial charge in [-0.2, -0.15) is 9.97 Å². The monoisotopic (exact) mass is 582 g/mol. The summed E-state index contributed by atoms with van der Waals surface area (Å²) in [6.45, 7) is -0.232. The maximum absolute atomic E-state index is 11.9. The Kier molecular flexibility index (Phi) is 8.04. The second-order valence-electron chi connectivity index (χ2n) is 8.28. The number of nitrogens with one attached hydrogen (secondary N) is 1. The van der Waals surface area contributed by atoms with Crippen LogP contribution < -0.4 is 5.32 Å². The van der Waals surface area contributed by atoms with E-state index in [1.165, 1.54) is 4.68 Å². The number of benzene rings is 1. The van der Waals surface area contributed by atoms with Crippen LogP contribution in [0.25, 0.3) is 11.2 Å². The van der Waals surface area contributed by atoms with Gasteiger partial charge in [0.2, 0.25) is 5.28 Å². The van der Waals surface area contributed by atoms with Crippen LogP contribution in [0.15, 0.2) is 24.3 Å². The van der Waals surface area contributed by atoms with Crippen molar-refractivity contribution in [2.75, 3.05) is 17.8 Å². The number of aliphatic hydroxyl groups is 2. The molecule has 1 fully saturated rings. The summed E-state index contributed by atoms with van der Waals surface area (Å²) in [7, 11) is -9.43.